The summed E-state index contributed by atoms with van der Waals surface area (Å²) in [6, 6.07) is 7.27. The number of nitrogens with one attached hydrogen (secondary N) is 1. The van der Waals surface area contributed by atoms with Gasteiger partial charge in [0.15, 0.2) is 0 Å². The molecule has 0 saturated carbocycles. The van der Waals surface area contributed by atoms with Crippen molar-refractivity contribution < 1.29 is 4.79 Å². The van der Waals surface area contributed by atoms with Gasteiger partial charge in [0.25, 0.3) is 5.91 Å². The second-order valence-corrected chi connectivity index (χ2v) is 6.10. The molecule has 1 heterocycles. The molecule has 128 valence electrons. The summed E-state index contributed by atoms with van der Waals surface area (Å²) in [5.74, 6) is 0.531. The summed E-state index contributed by atoms with van der Waals surface area (Å²) >= 11 is 5.98. The SMILES string of the molecule is CCCN(CCC)C(=O)c1cc(Nc2ccc(Cl)cc2C)ncn1. The van der Waals surface area contributed by atoms with Crippen molar-refractivity contribution in [2.75, 3.05) is 18.4 Å². The number of nitrogens with zero attached hydrogens (tertiary/aromatic N) is 3. The molecule has 1 amide bonds. The van der Waals surface area contributed by atoms with Gasteiger partial charge in [0, 0.05) is 29.9 Å². The standard InChI is InChI=1S/C18H23ClN4O/c1-4-8-23(9-5-2)18(24)16-11-17(21-12-20-16)22-15-7-6-14(19)10-13(15)3/h6-7,10-12H,4-5,8-9H2,1-3H3,(H,20,21,22). The zero-order valence-electron chi connectivity index (χ0n) is 14.3. The fourth-order valence-corrected chi connectivity index (χ4v) is 2.69. The maximum atomic E-state index is 12.6. The van der Waals surface area contributed by atoms with Crippen molar-refractivity contribution in [3.8, 4) is 0 Å². The van der Waals surface area contributed by atoms with Gasteiger partial charge in [-0.15, -0.1) is 0 Å². The Morgan fingerprint density at radius 2 is 1.88 bits per heavy atom. The lowest BCUT2D eigenvalue weighted by atomic mass is 10.2. The molecule has 0 aliphatic rings. The Labute approximate surface area is 148 Å². The van der Waals surface area contributed by atoms with Crippen molar-refractivity contribution in [2.45, 2.75) is 33.6 Å². The van der Waals surface area contributed by atoms with Crippen molar-refractivity contribution in [3.05, 3.63) is 46.9 Å². The van der Waals surface area contributed by atoms with Crippen molar-refractivity contribution in [1.82, 2.24) is 14.9 Å². The number of rotatable bonds is 7. The van der Waals surface area contributed by atoms with Gasteiger partial charge in [0.1, 0.15) is 17.8 Å². The minimum atomic E-state index is -0.0584. The Balaban J connectivity index is 2.20. The molecule has 6 heteroatoms. The Kier molecular flexibility index (Phi) is 6.55. The van der Waals surface area contributed by atoms with Crippen LogP contribution in [0.2, 0.25) is 5.02 Å². The van der Waals surface area contributed by atoms with Crippen LogP contribution in [0.3, 0.4) is 0 Å². The number of anilines is 2. The highest BCUT2D eigenvalue weighted by Crippen LogP contribution is 2.22. The number of benzene rings is 1. The molecule has 0 aliphatic heterocycles. The summed E-state index contributed by atoms with van der Waals surface area (Å²) < 4.78 is 0. The van der Waals surface area contributed by atoms with Crippen LogP contribution in [-0.2, 0) is 0 Å². The Morgan fingerprint density at radius 1 is 1.17 bits per heavy atom. The smallest absolute Gasteiger partial charge is 0.272 e. The quantitative estimate of drug-likeness (QED) is 0.805. The third-order valence-electron chi connectivity index (χ3n) is 3.61. The molecule has 1 N–H and O–H groups in total. The van der Waals surface area contributed by atoms with Crippen LogP contribution in [-0.4, -0.2) is 33.9 Å². The molecule has 1 aromatic heterocycles. The first-order valence-corrected chi connectivity index (χ1v) is 8.57. The maximum absolute atomic E-state index is 12.6. The number of aromatic nitrogens is 2. The number of carbonyl (C=O) groups is 1. The number of carbonyl (C=O) groups excluding carboxylic acids is 1. The lowest BCUT2D eigenvalue weighted by Gasteiger charge is -2.21. The third kappa shape index (κ3) is 4.68. The molecule has 0 atom stereocenters. The van der Waals surface area contributed by atoms with Gasteiger partial charge in [-0.05, 0) is 43.5 Å². The fraction of sp³-hybridized carbons (Fsp3) is 0.389. The first kappa shape index (κ1) is 18.2. The van der Waals surface area contributed by atoms with Gasteiger partial charge in [0.05, 0.1) is 0 Å². The monoisotopic (exact) mass is 346 g/mol. The molecule has 0 spiro atoms. The summed E-state index contributed by atoms with van der Waals surface area (Å²) in [6.07, 6.45) is 3.26. The van der Waals surface area contributed by atoms with E-state index in [1.165, 1.54) is 6.33 Å². The zero-order chi connectivity index (χ0) is 17.5. The lowest BCUT2D eigenvalue weighted by molar-refractivity contribution is 0.0749. The summed E-state index contributed by atoms with van der Waals surface area (Å²) in [5.41, 5.74) is 2.31. The average molecular weight is 347 g/mol. The molecule has 0 unspecified atom stereocenters. The highest BCUT2D eigenvalue weighted by molar-refractivity contribution is 6.30. The van der Waals surface area contributed by atoms with Crippen molar-refractivity contribution in [3.63, 3.8) is 0 Å². The summed E-state index contributed by atoms with van der Waals surface area (Å²) in [5, 5.41) is 3.90. The van der Waals surface area contributed by atoms with Crippen LogP contribution < -0.4 is 5.32 Å². The second-order valence-electron chi connectivity index (χ2n) is 5.66. The predicted octanol–water partition coefficient (Wildman–Crippen LogP) is 4.44. The van der Waals surface area contributed by atoms with E-state index in [-0.39, 0.29) is 5.91 Å². The molecular formula is C18H23ClN4O. The highest BCUT2D eigenvalue weighted by Gasteiger charge is 2.16. The molecular weight excluding hydrogens is 324 g/mol. The molecule has 24 heavy (non-hydrogen) atoms. The zero-order valence-corrected chi connectivity index (χ0v) is 15.1. The van der Waals surface area contributed by atoms with Crippen molar-refractivity contribution >= 4 is 29.0 Å². The van der Waals surface area contributed by atoms with Gasteiger partial charge in [-0.3, -0.25) is 4.79 Å². The van der Waals surface area contributed by atoms with E-state index in [9.17, 15) is 4.79 Å². The van der Waals surface area contributed by atoms with Crippen LogP contribution in [0, 0.1) is 6.92 Å². The predicted molar refractivity (Wildman–Crippen MR) is 98.0 cm³/mol. The number of aryl methyl sites for hydroxylation is 1. The second kappa shape index (κ2) is 8.64. The average Bonchev–Trinajstić information content (AvgIpc) is 2.57. The number of amides is 1. The first-order chi connectivity index (χ1) is 11.5. The molecule has 0 aliphatic carbocycles. The van der Waals surface area contributed by atoms with Gasteiger partial charge >= 0.3 is 0 Å². The van der Waals surface area contributed by atoms with E-state index in [1.54, 1.807) is 6.07 Å². The lowest BCUT2D eigenvalue weighted by Crippen LogP contribution is -2.33. The maximum Gasteiger partial charge on any atom is 0.272 e. The normalized spacial score (nSPS) is 10.5. The molecule has 0 radical (unpaired) electrons. The van der Waals surface area contributed by atoms with Gasteiger partial charge in [-0.25, -0.2) is 9.97 Å². The van der Waals surface area contributed by atoms with E-state index < -0.39 is 0 Å². The molecule has 2 aromatic rings. The Hall–Kier alpha value is -2.14. The topological polar surface area (TPSA) is 58.1 Å². The number of hydrogen-bond acceptors (Lipinski definition) is 4. The van der Waals surface area contributed by atoms with E-state index in [2.05, 4.69) is 29.1 Å². The molecule has 0 fully saturated rings. The molecule has 2 rings (SSSR count). The minimum absolute atomic E-state index is 0.0584. The van der Waals surface area contributed by atoms with Gasteiger partial charge in [-0.2, -0.15) is 0 Å². The van der Waals surface area contributed by atoms with Gasteiger partial charge < -0.3 is 10.2 Å². The molecule has 0 saturated heterocycles. The van der Waals surface area contributed by atoms with E-state index >= 15 is 0 Å². The molecule has 0 bridgehead atoms. The van der Waals surface area contributed by atoms with Crippen LogP contribution in [0.1, 0.15) is 42.7 Å². The highest BCUT2D eigenvalue weighted by atomic mass is 35.5. The van der Waals surface area contributed by atoms with Crippen molar-refractivity contribution in [1.29, 1.82) is 0 Å². The van der Waals surface area contributed by atoms with E-state index in [1.807, 2.05) is 30.0 Å². The van der Waals surface area contributed by atoms with Crippen LogP contribution >= 0.6 is 11.6 Å². The first-order valence-electron chi connectivity index (χ1n) is 8.19. The minimum Gasteiger partial charge on any atom is -0.340 e. The van der Waals surface area contributed by atoms with Gasteiger partial charge in [0.2, 0.25) is 0 Å². The van der Waals surface area contributed by atoms with Crippen LogP contribution in [0.15, 0.2) is 30.6 Å². The van der Waals surface area contributed by atoms with Crippen LogP contribution in [0.5, 0.6) is 0 Å². The number of halogens is 1. The fourth-order valence-electron chi connectivity index (χ4n) is 2.46. The van der Waals surface area contributed by atoms with Crippen LogP contribution in [0.4, 0.5) is 11.5 Å². The Bertz CT molecular complexity index is 699. The molecule has 1 aromatic carbocycles. The summed E-state index contributed by atoms with van der Waals surface area (Å²) in [7, 11) is 0. The van der Waals surface area contributed by atoms with Gasteiger partial charge in [-0.1, -0.05) is 25.4 Å². The molecule has 5 nitrogen and oxygen atoms in total. The van der Waals surface area contributed by atoms with E-state index in [0.717, 1.165) is 37.2 Å². The van der Waals surface area contributed by atoms with Crippen molar-refractivity contribution in [2.24, 2.45) is 0 Å². The third-order valence-corrected chi connectivity index (χ3v) is 3.85. The van der Waals surface area contributed by atoms with Crippen LogP contribution in [0.25, 0.3) is 0 Å². The summed E-state index contributed by atoms with van der Waals surface area (Å²) in [6.45, 7) is 7.55. The number of hydrogen-bond donors (Lipinski definition) is 1. The Morgan fingerprint density at radius 3 is 2.50 bits per heavy atom. The largest absolute Gasteiger partial charge is 0.340 e. The van der Waals surface area contributed by atoms with E-state index in [4.69, 9.17) is 11.6 Å². The summed E-state index contributed by atoms with van der Waals surface area (Å²) in [4.78, 5) is 22.8. The van der Waals surface area contributed by atoms with E-state index in [0.29, 0.717) is 16.5 Å².